The fraction of sp³-hybridized carbons (Fsp3) is 0.846. The monoisotopic (exact) mass is 272 g/mol. The molecule has 0 aromatic rings. The van der Waals surface area contributed by atoms with Crippen LogP contribution in [0.3, 0.4) is 0 Å². The van der Waals surface area contributed by atoms with Crippen molar-refractivity contribution >= 4 is 12.0 Å². The van der Waals surface area contributed by atoms with Crippen LogP contribution in [0.1, 0.15) is 33.6 Å². The van der Waals surface area contributed by atoms with Gasteiger partial charge in [-0.05, 0) is 27.2 Å². The Morgan fingerprint density at radius 2 is 2.11 bits per heavy atom. The summed E-state index contributed by atoms with van der Waals surface area (Å²) in [6.07, 6.45) is 0.919. The molecule has 110 valence electrons. The molecule has 6 heteroatoms. The number of hydrogen-bond donors (Lipinski definition) is 2. The zero-order chi connectivity index (χ0) is 14.5. The molecule has 2 N–H and O–H groups in total. The van der Waals surface area contributed by atoms with Gasteiger partial charge in [-0.2, -0.15) is 0 Å². The average molecular weight is 272 g/mol. The Hall–Kier alpha value is -1.30. The summed E-state index contributed by atoms with van der Waals surface area (Å²) in [6, 6.07) is -0.208. The van der Waals surface area contributed by atoms with Crippen LogP contribution in [0.5, 0.6) is 0 Å². The Kier molecular flexibility index (Phi) is 5.60. The third-order valence-corrected chi connectivity index (χ3v) is 3.17. The molecule has 0 saturated carbocycles. The normalized spacial score (nSPS) is 19.2. The van der Waals surface area contributed by atoms with E-state index >= 15 is 0 Å². The Morgan fingerprint density at radius 3 is 2.58 bits per heavy atom. The van der Waals surface area contributed by atoms with E-state index in [1.54, 1.807) is 4.90 Å². The second kappa shape index (κ2) is 6.75. The second-order valence-electron chi connectivity index (χ2n) is 5.88. The zero-order valence-electron chi connectivity index (χ0n) is 11.9. The predicted octanol–water partition coefficient (Wildman–Crippen LogP) is 1.31. The fourth-order valence-corrected chi connectivity index (χ4v) is 2.02. The molecular weight excluding hydrogens is 248 g/mol. The molecule has 1 fully saturated rings. The van der Waals surface area contributed by atoms with Gasteiger partial charge in [-0.3, -0.25) is 4.79 Å². The molecule has 1 aliphatic rings. The van der Waals surface area contributed by atoms with E-state index in [-0.39, 0.29) is 19.0 Å². The Bertz CT molecular complexity index is 319. The number of nitrogens with one attached hydrogen (secondary N) is 1. The number of carboxylic acid groups (broad SMARTS) is 1. The molecule has 0 aromatic heterocycles. The molecule has 2 amide bonds. The standard InChI is InChI=1S/C13H24N2O4/c1-13(2,3)15(6-4-11(16)17)12(18)14-8-10-5-7-19-9-10/h10H,4-9H2,1-3H3,(H,14,18)(H,16,17). The van der Waals surface area contributed by atoms with Gasteiger partial charge in [0.05, 0.1) is 13.0 Å². The molecule has 1 rings (SSSR count). The topological polar surface area (TPSA) is 78.9 Å². The number of carbonyl (C=O) groups is 2. The van der Waals surface area contributed by atoms with Gasteiger partial charge in [0.1, 0.15) is 0 Å². The lowest BCUT2D eigenvalue weighted by Gasteiger charge is -2.35. The van der Waals surface area contributed by atoms with Gasteiger partial charge in [-0.1, -0.05) is 0 Å². The van der Waals surface area contributed by atoms with E-state index in [0.717, 1.165) is 13.0 Å². The summed E-state index contributed by atoms with van der Waals surface area (Å²) in [5.74, 6) is -0.531. The van der Waals surface area contributed by atoms with Crippen LogP contribution in [-0.2, 0) is 9.53 Å². The van der Waals surface area contributed by atoms with Gasteiger partial charge in [-0.25, -0.2) is 4.79 Å². The van der Waals surface area contributed by atoms with Crippen molar-refractivity contribution in [2.75, 3.05) is 26.3 Å². The van der Waals surface area contributed by atoms with Crippen LogP contribution in [0.2, 0.25) is 0 Å². The van der Waals surface area contributed by atoms with E-state index < -0.39 is 11.5 Å². The van der Waals surface area contributed by atoms with Gasteiger partial charge in [0.25, 0.3) is 0 Å². The van der Waals surface area contributed by atoms with E-state index in [9.17, 15) is 9.59 Å². The maximum Gasteiger partial charge on any atom is 0.317 e. The molecule has 1 heterocycles. The maximum atomic E-state index is 12.1. The second-order valence-corrected chi connectivity index (χ2v) is 5.88. The zero-order valence-corrected chi connectivity index (χ0v) is 11.9. The highest BCUT2D eigenvalue weighted by Gasteiger charge is 2.27. The molecule has 0 radical (unpaired) electrons. The van der Waals surface area contributed by atoms with Gasteiger partial charge >= 0.3 is 12.0 Å². The first-order valence-electron chi connectivity index (χ1n) is 6.65. The van der Waals surface area contributed by atoms with E-state index in [2.05, 4.69) is 5.32 Å². The number of nitrogens with zero attached hydrogens (tertiary/aromatic N) is 1. The summed E-state index contributed by atoms with van der Waals surface area (Å²) in [5.41, 5.74) is -0.397. The van der Waals surface area contributed by atoms with Crippen LogP contribution in [0.15, 0.2) is 0 Å². The van der Waals surface area contributed by atoms with Gasteiger partial charge in [0.2, 0.25) is 0 Å². The molecule has 0 aromatic carbocycles. The van der Waals surface area contributed by atoms with Crippen molar-refractivity contribution < 1.29 is 19.4 Å². The molecule has 1 aliphatic heterocycles. The summed E-state index contributed by atoms with van der Waals surface area (Å²) in [5, 5.41) is 11.6. The van der Waals surface area contributed by atoms with Gasteiger partial charge in [-0.15, -0.1) is 0 Å². The number of amides is 2. The van der Waals surface area contributed by atoms with Crippen LogP contribution < -0.4 is 5.32 Å². The van der Waals surface area contributed by atoms with Crippen molar-refractivity contribution in [1.29, 1.82) is 0 Å². The van der Waals surface area contributed by atoms with Crippen LogP contribution in [0.4, 0.5) is 4.79 Å². The molecule has 1 unspecified atom stereocenters. The Labute approximate surface area is 114 Å². The summed E-state index contributed by atoms with van der Waals surface area (Å²) >= 11 is 0. The van der Waals surface area contributed by atoms with Crippen molar-refractivity contribution in [1.82, 2.24) is 10.2 Å². The number of hydrogen-bond acceptors (Lipinski definition) is 3. The lowest BCUT2D eigenvalue weighted by Crippen LogP contribution is -2.51. The van der Waals surface area contributed by atoms with E-state index in [0.29, 0.717) is 19.1 Å². The summed E-state index contributed by atoms with van der Waals surface area (Å²) < 4.78 is 5.25. The first-order chi connectivity index (χ1) is 8.80. The van der Waals surface area contributed by atoms with Crippen molar-refractivity contribution in [3.63, 3.8) is 0 Å². The largest absolute Gasteiger partial charge is 0.481 e. The van der Waals surface area contributed by atoms with E-state index in [1.807, 2.05) is 20.8 Å². The third kappa shape index (κ3) is 5.46. The number of ether oxygens (including phenoxy) is 1. The minimum atomic E-state index is -0.897. The highest BCUT2D eigenvalue weighted by molar-refractivity contribution is 5.76. The number of urea groups is 1. The molecule has 1 atom stereocenters. The van der Waals surface area contributed by atoms with E-state index in [4.69, 9.17) is 9.84 Å². The SMILES string of the molecule is CC(C)(C)N(CCC(=O)O)C(=O)NCC1CCOC1. The molecule has 1 saturated heterocycles. The summed E-state index contributed by atoms with van der Waals surface area (Å²) in [4.78, 5) is 24.4. The lowest BCUT2D eigenvalue weighted by molar-refractivity contribution is -0.137. The van der Waals surface area contributed by atoms with Gasteiger partial charge in [0, 0.05) is 31.2 Å². The number of carboxylic acids is 1. The molecular formula is C13H24N2O4. The first-order valence-corrected chi connectivity index (χ1v) is 6.65. The van der Waals surface area contributed by atoms with Crippen LogP contribution in [0, 0.1) is 5.92 Å². The van der Waals surface area contributed by atoms with Crippen LogP contribution in [-0.4, -0.2) is 53.8 Å². The first kappa shape index (κ1) is 15.8. The minimum Gasteiger partial charge on any atom is -0.481 e. The quantitative estimate of drug-likeness (QED) is 0.791. The molecule has 0 spiro atoms. The highest BCUT2D eigenvalue weighted by Crippen LogP contribution is 2.15. The highest BCUT2D eigenvalue weighted by atomic mass is 16.5. The van der Waals surface area contributed by atoms with Crippen LogP contribution in [0.25, 0.3) is 0 Å². The maximum absolute atomic E-state index is 12.1. The molecule has 6 nitrogen and oxygen atoms in total. The van der Waals surface area contributed by atoms with E-state index in [1.165, 1.54) is 0 Å². The van der Waals surface area contributed by atoms with Gasteiger partial charge < -0.3 is 20.1 Å². The van der Waals surface area contributed by atoms with Crippen molar-refractivity contribution in [3.05, 3.63) is 0 Å². The molecule has 0 aliphatic carbocycles. The predicted molar refractivity (Wildman–Crippen MR) is 71.0 cm³/mol. The third-order valence-electron chi connectivity index (χ3n) is 3.17. The lowest BCUT2D eigenvalue weighted by atomic mass is 10.1. The summed E-state index contributed by atoms with van der Waals surface area (Å²) in [6.45, 7) is 7.92. The van der Waals surface area contributed by atoms with Crippen LogP contribution >= 0.6 is 0 Å². The van der Waals surface area contributed by atoms with Crippen molar-refractivity contribution in [2.24, 2.45) is 5.92 Å². The average Bonchev–Trinajstić information content (AvgIpc) is 2.76. The van der Waals surface area contributed by atoms with Gasteiger partial charge in [0.15, 0.2) is 0 Å². The molecule has 19 heavy (non-hydrogen) atoms. The molecule has 0 bridgehead atoms. The van der Waals surface area contributed by atoms with Crippen molar-refractivity contribution in [3.8, 4) is 0 Å². The Balaban J connectivity index is 2.48. The minimum absolute atomic E-state index is 0.0444. The Morgan fingerprint density at radius 1 is 1.42 bits per heavy atom. The van der Waals surface area contributed by atoms with Crippen molar-refractivity contribution in [2.45, 2.75) is 39.2 Å². The number of carbonyl (C=O) groups excluding carboxylic acids is 1. The smallest absolute Gasteiger partial charge is 0.317 e. The number of aliphatic carboxylic acids is 1. The fourth-order valence-electron chi connectivity index (χ4n) is 2.02. The summed E-state index contributed by atoms with van der Waals surface area (Å²) in [7, 11) is 0. The number of rotatable bonds is 5.